The predicted molar refractivity (Wildman–Crippen MR) is 131 cm³/mol. The van der Waals surface area contributed by atoms with Crippen LogP contribution in [0.1, 0.15) is 29.4 Å². The number of nitrogens with one attached hydrogen (secondary N) is 3. The van der Waals surface area contributed by atoms with Crippen LogP contribution in [0.15, 0.2) is 36.7 Å². The SMILES string of the molecule is COc1c(Cl)cccc1Nc1c(-c2ccncc2OC[C@H]2OCCC2(F)F)[nH]c2c1C(=O)N[C@H](C)C2. The van der Waals surface area contributed by atoms with Crippen molar-refractivity contribution in [1.82, 2.24) is 15.3 Å². The summed E-state index contributed by atoms with van der Waals surface area (Å²) in [5, 5.41) is 6.65. The Bertz CT molecular complexity index is 1300. The van der Waals surface area contributed by atoms with Gasteiger partial charge in [-0.1, -0.05) is 17.7 Å². The quantitative estimate of drug-likeness (QED) is 0.409. The standard InChI is InChI=1S/C25H25ClF2N4O4/c1-13-10-17-20(24(33)30-13)22(31-16-5-3-4-15(26)23(16)34-2)21(32-17)14-6-8-29-11-18(14)36-12-19-25(27,28)7-9-35-19/h3-6,8,11,13,19,31-32H,7,9-10,12H2,1-2H3,(H,30,33)/t13-,19-/m1/s1. The van der Waals surface area contributed by atoms with Gasteiger partial charge in [-0.25, -0.2) is 8.78 Å². The van der Waals surface area contributed by atoms with Crippen LogP contribution in [0.25, 0.3) is 11.3 Å². The second kappa shape index (κ2) is 9.59. The first-order valence-corrected chi connectivity index (χ1v) is 11.9. The number of pyridine rings is 1. The van der Waals surface area contributed by atoms with Crippen molar-refractivity contribution in [1.29, 1.82) is 0 Å². The van der Waals surface area contributed by atoms with E-state index in [4.69, 9.17) is 25.8 Å². The molecular formula is C25H25ClF2N4O4. The Kier molecular flexibility index (Phi) is 6.48. The number of ether oxygens (including phenoxy) is 3. The highest BCUT2D eigenvalue weighted by Gasteiger charge is 2.46. The summed E-state index contributed by atoms with van der Waals surface area (Å²) in [7, 11) is 1.50. The van der Waals surface area contributed by atoms with E-state index in [-0.39, 0.29) is 37.3 Å². The lowest BCUT2D eigenvalue weighted by Crippen LogP contribution is -2.39. The normalized spacial score (nSPS) is 20.5. The van der Waals surface area contributed by atoms with Gasteiger partial charge in [0.25, 0.3) is 11.8 Å². The maximum Gasteiger partial charge on any atom is 0.279 e. The number of anilines is 2. The van der Waals surface area contributed by atoms with Gasteiger partial charge in [-0.2, -0.15) is 0 Å². The number of H-pyrrole nitrogens is 1. The lowest BCUT2D eigenvalue weighted by molar-refractivity contribution is -0.0836. The molecule has 1 amide bonds. The number of hydrogen-bond acceptors (Lipinski definition) is 6. The third-order valence-corrected chi connectivity index (χ3v) is 6.59. The van der Waals surface area contributed by atoms with Gasteiger partial charge in [0.05, 0.1) is 47.6 Å². The summed E-state index contributed by atoms with van der Waals surface area (Å²) in [5.41, 5.74) is 3.30. The molecule has 5 rings (SSSR count). The van der Waals surface area contributed by atoms with Gasteiger partial charge in [-0.3, -0.25) is 9.78 Å². The van der Waals surface area contributed by atoms with Crippen LogP contribution in [0.2, 0.25) is 5.02 Å². The highest BCUT2D eigenvalue weighted by molar-refractivity contribution is 6.32. The predicted octanol–water partition coefficient (Wildman–Crippen LogP) is 4.96. The van der Waals surface area contributed by atoms with Gasteiger partial charge in [0.1, 0.15) is 12.4 Å². The number of para-hydroxylation sites is 1. The summed E-state index contributed by atoms with van der Waals surface area (Å²) in [6, 6.07) is 6.86. The highest BCUT2D eigenvalue weighted by atomic mass is 35.5. The Hall–Kier alpha value is -3.37. The number of carbonyl (C=O) groups excluding carboxylic acids is 1. The molecule has 3 N–H and O–H groups in total. The molecule has 0 radical (unpaired) electrons. The zero-order valence-electron chi connectivity index (χ0n) is 19.7. The largest absolute Gasteiger partial charge is 0.493 e. The van der Waals surface area contributed by atoms with Gasteiger partial charge in [0, 0.05) is 36.3 Å². The van der Waals surface area contributed by atoms with Crippen molar-refractivity contribution < 1.29 is 27.8 Å². The molecule has 36 heavy (non-hydrogen) atoms. The molecule has 1 aromatic carbocycles. The number of rotatable bonds is 7. The molecule has 0 aliphatic carbocycles. The summed E-state index contributed by atoms with van der Waals surface area (Å²) < 4.78 is 44.6. The van der Waals surface area contributed by atoms with E-state index in [0.717, 1.165) is 5.69 Å². The van der Waals surface area contributed by atoms with Gasteiger partial charge >= 0.3 is 0 Å². The zero-order chi connectivity index (χ0) is 25.4. The second-order valence-electron chi connectivity index (χ2n) is 8.81. The van der Waals surface area contributed by atoms with Crippen molar-refractivity contribution in [2.45, 2.75) is 37.8 Å². The Morgan fingerprint density at radius 3 is 2.92 bits per heavy atom. The molecule has 190 valence electrons. The Morgan fingerprint density at radius 2 is 2.17 bits per heavy atom. The molecule has 2 aliphatic heterocycles. The smallest absolute Gasteiger partial charge is 0.279 e. The molecular weight excluding hydrogens is 494 g/mol. The second-order valence-corrected chi connectivity index (χ2v) is 9.21. The van der Waals surface area contributed by atoms with Gasteiger partial charge in [0.15, 0.2) is 11.9 Å². The minimum Gasteiger partial charge on any atom is -0.493 e. The Morgan fingerprint density at radius 1 is 1.33 bits per heavy atom. The van der Waals surface area contributed by atoms with E-state index in [2.05, 4.69) is 20.6 Å². The number of methoxy groups -OCH3 is 1. The number of carbonyl (C=O) groups is 1. The van der Waals surface area contributed by atoms with Gasteiger partial charge in [-0.15, -0.1) is 0 Å². The molecule has 11 heteroatoms. The van der Waals surface area contributed by atoms with E-state index in [9.17, 15) is 13.6 Å². The van der Waals surface area contributed by atoms with E-state index in [1.165, 1.54) is 13.3 Å². The van der Waals surface area contributed by atoms with Crippen molar-refractivity contribution in [2.75, 3.05) is 25.6 Å². The number of halogens is 3. The Balaban J connectivity index is 1.58. The number of benzene rings is 1. The molecule has 0 spiro atoms. The van der Waals surface area contributed by atoms with Crippen LogP contribution in [0.4, 0.5) is 20.2 Å². The lowest BCUT2D eigenvalue weighted by Gasteiger charge is -2.21. The summed E-state index contributed by atoms with van der Waals surface area (Å²) in [4.78, 5) is 20.5. The number of nitrogens with zero attached hydrogens (tertiary/aromatic N) is 1. The number of fused-ring (bicyclic) bond motifs is 1. The van der Waals surface area contributed by atoms with Crippen LogP contribution >= 0.6 is 11.6 Å². The average Bonchev–Trinajstić information content (AvgIpc) is 3.36. The molecule has 1 fully saturated rings. The monoisotopic (exact) mass is 518 g/mol. The van der Waals surface area contributed by atoms with Crippen molar-refractivity contribution >= 4 is 28.9 Å². The minimum atomic E-state index is -2.96. The van der Waals surface area contributed by atoms with E-state index in [1.54, 1.807) is 30.5 Å². The van der Waals surface area contributed by atoms with Gasteiger partial charge in [-0.05, 0) is 25.1 Å². The molecule has 4 heterocycles. The minimum absolute atomic E-state index is 0.0207. The number of amides is 1. The first-order valence-electron chi connectivity index (χ1n) is 11.5. The zero-order valence-corrected chi connectivity index (χ0v) is 20.4. The fourth-order valence-corrected chi connectivity index (χ4v) is 4.79. The highest BCUT2D eigenvalue weighted by Crippen LogP contribution is 2.43. The number of aromatic nitrogens is 2. The first-order chi connectivity index (χ1) is 17.3. The summed E-state index contributed by atoms with van der Waals surface area (Å²) in [6.45, 7) is 1.55. The van der Waals surface area contributed by atoms with Gasteiger partial charge < -0.3 is 29.8 Å². The molecule has 2 atom stereocenters. The maximum atomic E-state index is 14.1. The van der Waals surface area contributed by atoms with Crippen LogP contribution in [0.5, 0.6) is 11.5 Å². The van der Waals surface area contributed by atoms with Crippen molar-refractivity contribution in [3.05, 3.63) is 52.9 Å². The van der Waals surface area contributed by atoms with Crippen LogP contribution in [0, 0.1) is 0 Å². The van der Waals surface area contributed by atoms with E-state index >= 15 is 0 Å². The van der Waals surface area contributed by atoms with E-state index in [1.807, 2.05) is 6.92 Å². The van der Waals surface area contributed by atoms with Crippen LogP contribution in [-0.4, -0.2) is 54.3 Å². The van der Waals surface area contributed by atoms with Crippen LogP contribution < -0.4 is 20.1 Å². The molecule has 0 saturated carbocycles. The molecule has 2 aliphatic rings. The van der Waals surface area contributed by atoms with Crippen LogP contribution in [-0.2, 0) is 11.2 Å². The molecule has 2 aromatic heterocycles. The van der Waals surface area contributed by atoms with Crippen molar-refractivity contribution in [2.24, 2.45) is 0 Å². The molecule has 1 saturated heterocycles. The van der Waals surface area contributed by atoms with Crippen molar-refractivity contribution in [3.8, 4) is 22.8 Å². The fraction of sp³-hybridized carbons (Fsp3) is 0.360. The van der Waals surface area contributed by atoms with Crippen LogP contribution in [0.3, 0.4) is 0 Å². The Labute approximate surface area is 211 Å². The topological polar surface area (TPSA) is 97.5 Å². The van der Waals surface area contributed by atoms with Crippen molar-refractivity contribution in [3.63, 3.8) is 0 Å². The summed E-state index contributed by atoms with van der Waals surface area (Å²) in [6.07, 6.45) is 1.91. The molecule has 8 nitrogen and oxygen atoms in total. The average molecular weight is 519 g/mol. The number of hydrogen-bond donors (Lipinski definition) is 3. The third-order valence-electron chi connectivity index (χ3n) is 6.29. The lowest BCUT2D eigenvalue weighted by atomic mass is 10.0. The van der Waals surface area contributed by atoms with E-state index < -0.39 is 12.0 Å². The van der Waals surface area contributed by atoms with E-state index in [0.29, 0.717) is 45.4 Å². The molecule has 3 aromatic rings. The fourth-order valence-electron chi connectivity index (χ4n) is 4.54. The third kappa shape index (κ3) is 4.46. The first kappa shape index (κ1) is 24.3. The summed E-state index contributed by atoms with van der Waals surface area (Å²) >= 11 is 6.32. The molecule has 0 bridgehead atoms. The molecule has 0 unspecified atom stereocenters. The maximum absolute atomic E-state index is 14.1. The number of alkyl halides is 2. The number of aromatic amines is 1. The summed E-state index contributed by atoms with van der Waals surface area (Å²) in [5.74, 6) is -2.52. The van der Waals surface area contributed by atoms with Gasteiger partial charge in [0.2, 0.25) is 0 Å².